The summed E-state index contributed by atoms with van der Waals surface area (Å²) in [6, 6.07) is 0. The Morgan fingerprint density at radius 2 is 2.27 bits per heavy atom. The summed E-state index contributed by atoms with van der Waals surface area (Å²) in [5, 5.41) is 0. The van der Waals surface area contributed by atoms with E-state index in [4.69, 9.17) is 9.47 Å². The Kier molecular flexibility index (Phi) is 2.47. The Balaban J connectivity index is 2.17. The molecule has 0 aliphatic carbocycles. The monoisotopic (exact) mass is 221 g/mol. The minimum absolute atomic E-state index is 0.271. The van der Waals surface area contributed by atoms with Gasteiger partial charge in [-0.2, -0.15) is 13.2 Å². The number of halogens is 3. The van der Waals surface area contributed by atoms with Crippen LogP contribution >= 0.6 is 0 Å². The van der Waals surface area contributed by atoms with Crippen LogP contribution in [0, 0.1) is 0 Å². The van der Waals surface area contributed by atoms with Crippen molar-refractivity contribution in [1.29, 1.82) is 0 Å². The summed E-state index contributed by atoms with van der Waals surface area (Å²) in [6.07, 6.45) is -1.86. The normalized spacial score (nSPS) is 30.4. The van der Waals surface area contributed by atoms with Crippen LogP contribution in [0.25, 0.3) is 0 Å². The van der Waals surface area contributed by atoms with Gasteiger partial charge in [0.1, 0.15) is 0 Å². The number of hydrogen-bond donors (Lipinski definition) is 0. The van der Waals surface area contributed by atoms with Crippen molar-refractivity contribution in [3.8, 4) is 0 Å². The first kappa shape index (κ1) is 10.5. The topological polar surface area (TPSA) is 21.7 Å². The highest BCUT2D eigenvalue weighted by atomic mass is 19.4. The highest BCUT2D eigenvalue weighted by Crippen LogP contribution is 2.32. The van der Waals surface area contributed by atoms with Crippen molar-refractivity contribution < 1.29 is 22.6 Å². The molecule has 0 radical (unpaired) electrons. The Hall–Kier alpha value is -1.01. The summed E-state index contributed by atoms with van der Waals surface area (Å²) in [5.41, 5.74) is -0.680. The summed E-state index contributed by atoms with van der Waals surface area (Å²) in [6.45, 7) is 0.271. The van der Waals surface area contributed by atoms with E-state index < -0.39 is 18.0 Å². The maximum Gasteiger partial charge on any atom is 0.416 e. The van der Waals surface area contributed by atoms with Gasteiger partial charge < -0.3 is 14.4 Å². The predicted octanol–water partition coefficient (Wildman–Crippen LogP) is 1.63. The minimum atomic E-state index is -4.32. The minimum Gasteiger partial charge on any atom is -0.359 e. The van der Waals surface area contributed by atoms with E-state index >= 15 is 0 Å². The van der Waals surface area contributed by atoms with E-state index in [1.807, 2.05) is 0 Å². The number of alkyl halides is 3. The van der Waals surface area contributed by atoms with Gasteiger partial charge in [0.15, 0.2) is 12.5 Å². The molecule has 2 rings (SSSR count). The van der Waals surface area contributed by atoms with Crippen molar-refractivity contribution in [3.05, 3.63) is 23.9 Å². The highest BCUT2D eigenvalue weighted by Gasteiger charge is 2.39. The number of ether oxygens (including phenoxy) is 2. The molecule has 0 aromatic rings. The first-order valence-electron chi connectivity index (χ1n) is 4.41. The molecule has 0 aromatic carbocycles. The number of rotatable bonds is 1. The van der Waals surface area contributed by atoms with Crippen LogP contribution in [0.2, 0.25) is 0 Å². The van der Waals surface area contributed by atoms with Gasteiger partial charge in [-0.05, 0) is 12.2 Å². The summed E-state index contributed by atoms with van der Waals surface area (Å²) in [7, 11) is 1.49. The molecule has 1 fully saturated rings. The Morgan fingerprint density at radius 1 is 1.53 bits per heavy atom. The zero-order chi connectivity index (χ0) is 11.1. The number of nitrogens with zero attached hydrogens (tertiary/aromatic N) is 1. The molecule has 0 saturated carbocycles. The van der Waals surface area contributed by atoms with Crippen LogP contribution in [0.1, 0.15) is 0 Å². The standard InChI is InChI=1S/C9H10F3NO2/c1-14-8-5-15-7-4-6(9(10,11)12)2-3-13(7)8/h2-4,7-8H,5H2,1H3. The van der Waals surface area contributed by atoms with Crippen LogP contribution in [0.4, 0.5) is 13.2 Å². The van der Waals surface area contributed by atoms with Gasteiger partial charge in [-0.25, -0.2) is 0 Å². The highest BCUT2D eigenvalue weighted by molar-refractivity contribution is 5.29. The van der Waals surface area contributed by atoms with Crippen LogP contribution < -0.4 is 0 Å². The lowest BCUT2D eigenvalue weighted by atomic mass is 10.1. The number of fused-ring (bicyclic) bond motifs is 1. The Labute approximate surface area is 84.8 Å². The molecule has 0 aromatic heterocycles. The number of allylic oxidation sites excluding steroid dienone is 2. The van der Waals surface area contributed by atoms with Crippen LogP contribution in [-0.2, 0) is 9.47 Å². The molecule has 2 unspecified atom stereocenters. The van der Waals surface area contributed by atoms with E-state index in [-0.39, 0.29) is 12.8 Å². The zero-order valence-electron chi connectivity index (χ0n) is 7.99. The summed E-state index contributed by atoms with van der Waals surface area (Å²) in [4.78, 5) is 1.61. The van der Waals surface area contributed by atoms with Crippen molar-refractivity contribution >= 4 is 0 Å². The molecule has 1 saturated heterocycles. The third-order valence-corrected chi connectivity index (χ3v) is 2.38. The molecule has 2 heterocycles. The molecule has 6 heteroatoms. The molecule has 0 spiro atoms. The fourth-order valence-electron chi connectivity index (χ4n) is 1.59. The van der Waals surface area contributed by atoms with Crippen molar-refractivity contribution in [2.45, 2.75) is 18.6 Å². The molecule has 2 atom stereocenters. The quantitative estimate of drug-likeness (QED) is 0.671. The first-order chi connectivity index (χ1) is 7.02. The predicted molar refractivity (Wildman–Crippen MR) is 45.7 cm³/mol. The van der Waals surface area contributed by atoms with E-state index in [0.29, 0.717) is 0 Å². The van der Waals surface area contributed by atoms with Gasteiger partial charge in [-0.1, -0.05) is 0 Å². The van der Waals surface area contributed by atoms with Gasteiger partial charge in [0.2, 0.25) is 0 Å². The fourth-order valence-corrected chi connectivity index (χ4v) is 1.59. The molecular formula is C9H10F3NO2. The molecule has 0 bridgehead atoms. The average molecular weight is 221 g/mol. The van der Waals surface area contributed by atoms with Crippen molar-refractivity contribution in [3.63, 3.8) is 0 Å². The Bertz CT molecular complexity index is 311. The van der Waals surface area contributed by atoms with E-state index in [1.54, 1.807) is 4.90 Å². The maximum absolute atomic E-state index is 12.4. The molecule has 3 nitrogen and oxygen atoms in total. The van der Waals surface area contributed by atoms with E-state index in [9.17, 15) is 13.2 Å². The van der Waals surface area contributed by atoms with E-state index in [1.165, 1.54) is 13.3 Å². The smallest absolute Gasteiger partial charge is 0.359 e. The SMILES string of the molecule is COC1COC2C=C(C(F)(F)F)C=CN21. The van der Waals surface area contributed by atoms with Crippen LogP contribution in [0.15, 0.2) is 23.9 Å². The molecule has 0 N–H and O–H groups in total. The van der Waals surface area contributed by atoms with Gasteiger partial charge in [0, 0.05) is 13.3 Å². The third-order valence-electron chi connectivity index (χ3n) is 2.38. The summed E-state index contributed by atoms with van der Waals surface area (Å²) in [5.74, 6) is 0. The maximum atomic E-state index is 12.4. The zero-order valence-corrected chi connectivity index (χ0v) is 7.99. The molecule has 84 valence electrons. The van der Waals surface area contributed by atoms with Gasteiger partial charge in [0.05, 0.1) is 12.2 Å². The second kappa shape index (κ2) is 3.53. The summed E-state index contributed by atoms with van der Waals surface area (Å²) >= 11 is 0. The second-order valence-electron chi connectivity index (χ2n) is 3.30. The van der Waals surface area contributed by atoms with Crippen molar-refractivity contribution in [2.24, 2.45) is 0 Å². The van der Waals surface area contributed by atoms with Crippen LogP contribution in [-0.4, -0.2) is 37.2 Å². The lowest BCUT2D eigenvalue weighted by molar-refractivity contribution is -0.0908. The van der Waals surface area contributed by atoms with Gasteiger partial charge >= 0.3 is 6.18 Å². The summed E-state index contributed by atoms with van der Waals surface area (Å²) < 4.78 is 47.3. The lowest BCUT2D eigenvalue weighted by Gasteiger charge is -2.27. The Morgan fingerprint density at radius 3 is 2.87 bits per heavy atom. The van der Waals surface area contributed by atoms with Crippen LogP contribution in [0.5, 0.6) is 0 Å². The van der Waals surface area contributed by atoms with Crippen molar-refractivity contribution in [2.75, 3.05) is 13.7 Å². The fraction of sp³-hybridized carbons (Fsp3) is 0.556. The van der Waals surface area contributed by atoms with Crippen LogP contribution in [0.3, 0.4) is 0 Å². The lowest BCUT2D eigenvalue weighted by Crippen LogP contribution is -2.35. The third kappa shape index (κ3) is 1.87. The van der Waals surface area contributed by atoms with Gasteiger partial charge in [-0.15, -0.1) is 0 Å². The van der Waals surface area contributed by atoms with Crippen molar-refractivity contribution in [1.82, 2.24) is 4.90 Å². The first-order valence-corrected chi connectivity index (χ1v) is 4.41. The second-order valence-corrected chi connectivity index (χ2v) is 3.30. The molecule has 15 heavy (non-hydrogen) atoms. The average Bonchev–Trinajstić information content (AvgIpc) is 2.58. The largest absolute Gasteiger partial charge is 0.416 e. The molecule has 2 aliphatic rings. The number of methoxy groups -OCH3 is 1. The number of hydrogen-bond acceptors (Lipinski definition) is 3. The van der Waals surface area contributed by atoms with Gasteiger partial charge in [-0.3, -0.25) is 0 Å². The molecule has 0 amide bonds. The van der Waals surface area contributed by atoms with E-state index in [2.05, 4.69) is 0 Å². The molecular weight excluding hydrogens is 211 g/mol. The van der Waals surface area contributed by atoms with E-state index in [0.717, 1.165) is 12.2 Å². The van der Waals surface area contributed by atoms with Gasteiger partial charge in [0.25, 0.3) is 0 Å². The molecule has 2 aliphatic heterocycles.